The van der Waals surface area contributed by atoms with Gasteiger partial charge in [-0.3, -0.25) is 19.8 Å². The van der Waals surface area contributed by atoms with Crippen molar-refractivity contribution in [3.05, 3.63) is 133 Å². The van der Waals surface area contributed by atoms with Crippen molar-refractivity contribution in [3.8, 4) is 33.4 Å². The Morgan fingerprint density at radius 3 is 1.98 bits per heavy atom. The second-order valence-corrected chi connectivity index (χ2v) is 14.8. The average Bonchev–Trinajstić information content (AvgIpc) is 3.24. The number of rotatable bonds is 14. The lowest BCUT2D eigenvalue weighted by molar-refractivity contribution is -0.117. The van der Waals surface area contributed by atoms with Gasteiger partial charge in [0.2, 0.25) is 5.91 Å². The van der Waals surface area contributed by atoms with Crippen molar-refractivity contribution < 1.29 is 24.2 Å². The molecule has 10 nitrogen and oxygen atoms in total. The molecule has 7 rings (SSSR count). The minimum Gasteiger partial charge on any atom is -0.446 e. The number of benzene rings is 5. The van der Waals surface area contributed by atoms with Gasteiger partial charge in [-0.25, -0.2) is 4.79 Å². The quantitative estimate of drug-likeness (QED) is 0.0675. The standard InChI is InChI=1S/C47H51N5O5/c53-38-21-26-52(27-22-38)33-45(55)49-37-16-9-15-36(31-37)44(54)32-48-25-30-51-28-23-39(24-29-51)57-47(56)50-43-20-10-19-41(35-13-5-2-6-14-35)46(43)42-18-8-7-17-40(42)34-11-3-1-4-12-34/h1-20,31,38-39,48,53H,21-30,32-33H2,(H,49,55)(H,50,56). The van der Waals surface area contributed by atoms with Crippen LogP contribution in [0, 0.1) is 0 Å². The van der Waals surface area contributed by atoms with E-state index in [1.807, 2.05) is 65.6 Å². The van der Waals surface area contributed by atoms with E-state index < -0.39 is 6.09 Å². The third-order valence-electron chi connectivity index (χ3n) is 10.8. The lowest BCUT2D eigenvalue weighted by atomic mass is 9.88. The number of Topliss-reactive ketones (excluding diaryl/α,β-unsaturated/α-hetero) is 1. The number of aliphatic hydroxyl groups excluding tert-OH is 1. The normalized spacial score (nSPS) is 15.5. The minimum atomic E-state index is -0.469. The molecule has 4 N–H and O–H groups in total. The van der Waals surface area contributed by atoms with Gasteiger partial charge in [0.1, 0.15) is 6.10 Å². The van der Waals surface area contributed by atoms with Gasteiger partial charge in [-0.2, -0.15) is 0 Å². The van der Waals surface area contributed by atoms with E-state index in [0.29, 0.717) is 49.4 Å². The fourth-order valence-electron chi connectivity index (χ4n) is 7.71. The first-order valence-electron chi connectivity index (χ1n) is 20.0. The average molecular weight is 766 g/mol. The number of likely N-dealkylation sites (tertiary alicyclic amines) is 2. The van der Waals surface area contributed by atoms with Crippen molar-refractivity contribution in [1.82, 2.24) is 15.1 Å². The van der Waals surface area contributed by atoms with Crippen molar-refractivity contribution in [2.75, 3.05) is 63.0 Å². The third-order valence-corrected chi connectivity index (χ3v) is 10.8. The molecule has 294 valence electrons. The molecule has 2 aliphatic heterocycles. The van der Waals surface area contributed by atoms with Crippen LogP contribution in [-0.4, -0.2) is 97.3 Å². The summed E-state index contributed by atoms with van der Waals surface area (Å²) in [5.74, 6) is -0.178. The van der Waals surface area contributed by atoms with Crippen molar-refractivity contribution >= 4 is 29.2 Å². The molecule has 0 atom stereocenters. The van der Waals surface area contributed by atoms with E-state index in [2.05, 4.69) is 63.3 Å². The van der Waals surface area contributed by atoms with Crippen LogP contribution in [0.3, 0.4) is 0 Å². The Morgan fingerprint density at radius 1 is 0.649 bits per heavy atom. The van der Waals surface area contributed by atoms with Gasteiger partial charge in [-0.1, -0.05) is 109 Å². The van der Waals surface area contributed by atoms with Gasteiger partial charge >= 0.3 is 6.09 Å². The Hall–Kier alpha value is -5.65. The topological polar surface area (TPSA) is 123 Å². The van der Waals surface area contributed by atoms with Crippen LogP contribution in [0.1, 0.15) is 36.0 Å². The summed E-state index contributed by atoms with van der Waals surface area (Å²) in [5, 5.41) is 19.0. The van der Waals surface area contributed by atoms with Gasteiger partial charge in [-0.15, -0.1) is 0 Å². The number of hydrogen-bond acceptors (Lipinski definition) is 8. The summed E-state index contributed by atoms with van der Waals surface area (Å²) in [6, 6.07) is 41.8. The van der Waals surface area contributed by atoms with E-state index in [1.54, 1.807) is 24.3 Å². The number of nitrogens with one attached hydrogen (secondary N) is 3. The molecule has 2 amide bonds. The molecule has 0 unspecified atom stereocenters. The molecule has 57 heavy (non-hydrogen) atoms. The Bertz CT molecular complexity index is 2110. The fourth-order valence-corrected chi connectivity index (χ4v) is 7.71. The van der Waals surface area contributed by atoms with Crippen molar-refractivity contribution in [2.45, 2.75) is 37.9 Å². The maximum atomic E-state index is 13.5. The van der Waals surface area contributed by atoms with Gasteiger partial charge in [-0.05, 0) is 71.7 Å². The van der Waals surface area contributed by atoms with Crippen molar-refractivity contribution in [2.24, 2.45) is 0 Å². The number of carbonyl (C=O) groups is 3. The predicted octanol–water partition coefficient (Wildman–Crippen LogP) is 7.57. The summed E-state index contributed by atoms with van der Waals surface area (Å²) in [6.07, 6.45) is 1.84. The van der Waals surface area contributed by atoms with Crippen LogP contribution >= 0.6 is 0 Å². The number of aliphatic hydroxyl groups is 1. The summed E-state index contributed by atoms with van der Waals surface area (Å²) in [6.45, 7) is 4.82. The first kappa shape index (κ1) is 39.6. The SMILES string of the molecule is O=C(CN1CCC(O)CC1)Nc1cccc(C(=O)CNCCN2CCC(OC(=O)Nc3cccc(-c4ccccc4)c3-c3ccccc3-c3ccccc3)CC2)c1. The van der Waals surface area contributed by atoms with Crippen LogP contribution in [0.25, 0.3) is 33.4 Å². The summed E-state index contributed by atoms with van der Waals surface area (Å²) in [4.78, 5) is 43.4. The van der Waals surface area contributed by atoms with Gasteiger partial charge < -0.3 is 25.4 Å². The monoisotopic (exact) mass is 765 g/mol. The molecule has 0 aromatic heterocycles. The van der Waals surface area contributed by atoms with Crippen molar-refractivity contribution in [3.63, 3.8) is 0 Å². The molecule has 2 aliphatic rings. The largest absolute Gasteiger partial charge is 0.446 e. The number of ketones is 1. The van der Waals surface area contributed by atoms with Crippen molar-refractivity contribution in [1.29, 1.82) is 0 Å². The number of anilines is 2. The summed E-state index contributed by atoms with van der Waals surface area (Å²) in [7, 11) is 0. The lowest BCUT2D eigenvalue weighted by Crippen LogP contribution is -2.42. The number of hydrogen-bond donors (Lipinski definition) is 4. The van der Waals surface area contributed by atoms with Crippen LogP contribution in [0.4, 0.5) is 16.2 Å². The zero-order valence-electron chi connectivity index (χ0n) is 32.2. The predicted molar refractivity (Wildman–Crippen MR) is 226 cm³/mol. The molecular formula is C47H51N5O5. The van der Waals surface area contributed by atoms with Crippen LogP contribution in [0.5, 0.6) is 0 Å². The lowest BCUT2D eigenvalue weighted by Gasteiger charge is -2.31. The minimum absolute atomic E-state index is 0.0461. The summed E-state index contributed by atoms with van der Waals surface area (Å²) >= 11 is 0. The van der Waals surface area contributed by atoms with Crippen LogP contribution < -0.4 is 16.0 Å². The number of nitrogens with zero attached hydrogens (tertiary/aromatic N) is 2. The number of piperidine rings is 2. The van der Waals surface area contributed by atoms with E-state index >= 15 is 0 Å². The number of carbonyl (C=O) groups excluding carboxylic acids is 3. The van der Waals surface area contributed by atoms with E-state index in [4.69, 9.17) is 4.74 Å². The van der Waals surface area contributed by atoms with Crippen LogP contribution in [0.15, 0.2) is 127 Å². The molecular weight excluding hydrogens is 715 g/mol. The first-order chi connectivity index (χ1) is 27.9. The maximum absolute atomic E-state index is 13.5. The third kappa shape index (κ3) is 10.8. The highest BCUT2D eigenvalue weighted by atomic mass is 16.6. The molecule has 2 saturated heterocycles. The van der Waals surface area contributed by atoms with Gasteiger partial charge in [0.05, 0.1) is 24.9 Å². The molecule has 0 bridgehead atoms. The van der Waals surface area contributed by atoms with Gasteiger partial charge in [0.25, 0.3) is 0 Å². The fraction of sp³-hybridized carbons (Fsp3) is 0.298. The highest BCUT2D eigenvalue weighted by molar-refractivity contribution is 6.02. The highest BCUT2D eigenvalue weighted by Crippen LogP contribution is 2.42. The van der Waals surface area contributed by atoms with Crippen LogP contribution in [-0.2, 0) is 9.53 Å². The summed E-state index contributed by atoms with van der Waals surface area (Å²) < 4.78 is 6.00. The molecule has 0 radical (unpaired) electrons. The molecule has 2 heterocycles. The molecule has 0 aliphatic carbocycles. The molecule has 0 spiro atoms. The highest BCUT2D eigenvalue weighted by Gasteiger charge is 2.24. The zero-order chi connectivity index (χ0) is 39.4. The number of amides is 2. The van der Waals surface area contributed by atoms with E-state index in [9.17, 15) is 19.5 Å². The molecule has 10 heteroatoms. The molecule has 5 aromatic carbocycles. The van der Waals surface area contributed by atoms with E-state index in [-0.39, 0.29) is 37.0 Å². The second kappa shape index (κ2) is 19.5. The molecule has 0 saturated carbocycles. The first-order valence-corrected chi connectivity index (χ1v) is 20.0. The zero-order valence-corrected chi connectivity index (χ0v) is 32.2. The smallest absolute Gasteiger partial charge is 0.411 e. The molecule has 2 fully saturated rings. The summed E-state index contributed by atoms with van der Waals surface area (Å²) in [5.41, 5.74) is 8.02. The Kier molecular flexibility index (Phi) is 13.5. The van der Waals surface area contributed by atoms with Gasteiger partial charge in [0.15, 0.2) is 5.78 Å². The Morgan fingerprint density at radius 2 is 1.26 bits per heavy atom. The number of ether oxygens (including phenoxy) is 1. The van der Waals surface area contributed by atoms with Crippen LogP contribution in [0.2, 0.25) is 0 Å². The molecule has 5 aromatic rings. The van der Waals surface area contributed by atoms with E-state index in [0.717, 1.165) is 65.9 Å². The Balaban J connectivity index is 0.887. The maximum Gasteiger partial charge on any atom is 0.411 e. The Labute approximate surface area is 334 Å². The van der Waals surface area contributed by atoms with Gasteiger partial charge in [0, 0.05) is 56.1 Å². The van der Waals surface area contributed by atoms with E-state index in [1.165, 1.54) is 0 Å². The second-order valence-electron chi connectivity index (χ2n) is 14.8.